The predicted octanol–water partition coefficient (Wildman–Crippen LogP) is 2.33. The lowest BCUT2D eigenvalue weighted by Gasteiger charge is -2.22. The van der Waals surface area contributed by atoms with Crippen molar-refractivity contribution >= 4 is 35.6 Å². The van der Waals surface area contributed by atoms with Crippen molar-refractivity contribution in [2.75, 3.05) is 39.1 Å². The third kappa shape index (κ3) is 4.26. The molecule has 2 rings (SSSR count). The molecule has 5 heteroatoms. The lowest BCUT2D eigenvalue weighted by atomic mass is 10.2. The SMILES string of the molecule is CN=C(NC1CCN(c2ccc(C)cc2)C1)N(C)C.I. The van der Waals surface area contributed by atoms with Crippen LogP contribution in [0.2, 0.25) is 0 Å². The molecule has 1 aromatic rings. The number of hydrogen-bond donors (Lipinski definition) is 1. The number of halogens is 1. The van der Waals surface area contributed by atoms with Crippen LogP contribution in [0.5, 0.6) is 0 Å². The van der Waals surface area contributed by atoms with Gasteiger partial charge in [0.1, 0.15) is 0 Å². The summed E-state index contributed by atoms with van der Waals surface area (Å²) in [6.45, 7) is 4.26. The minimum absolute atomic E-state index is 0. The molecule has 1 N–H and O–H groups in total. The fourth-order valence-electron chi connectivity index (χ4n) is 2.44. The number of guanidine groups is 1. The Labute approximate surface area is 139 Å². The molecule has 20 heavy (non-hydrogen) atoms. The van der Waals surface area contributed by atoms with E-state index in [1.54, 1.807) is 0 Å². The Morgan fingerprint density at radius 3 is 2.50 bits per heavy atom. The molecule has 1 saturated heterocycles. The van der Waals surface area contributed by atoms with E-state index in [9.17, 15) is 0 Å². The van der Waals surface area contributed by atoms with Crippen molar-refractivity contribution in [2.45, 2.75) is 19.4 Å². The van der Waals surface area contributed by atoms with Crippen molar-refractivity contribution in [1.29, 1.82) is 0 Å². The molecular weight excluding hydrogens is 363 g/mol. The van der Waals surface area contributed by atoms with E-state index in [2.05, 4.69) is 46.4 Å². The fourth-order valence-corrected chi connectivity index (χ4v) is 2.44. The molecule has 1 aliphatic heterocycles. The minimum atomic E-state index is 0. The van der Waals surface area contributed by atoms with Crippen LogP contribution in [0.3, 0.4) is 0 Å². The van der Waals surface area contributed by atoms with Gasteiger partial charge in [-0.15, -0.1) is 24.0 Å². The molecule has 0 aromatic heterocycles. The van der Waals surface area contributed by atoms with E-state index in [0.717, 1.165) is 25.5 Å². The Hall–Kier alpha value is -0.980. The minimum Gasteiger partial charge on any atom is -0.369 e. The van der Waals surface area contributed by atoms with Crippen LogP contribution in [0.4, 0.5) is 5.69 Å². The maximum atomic E-state index is 4.27. The van der Waals surface area contributed by atoms with E-state index < -0.39 is 0 Å². The molecule has 0 aliphatic carbocycles. The quantitative estimate of drug-likeness (QED) is 0.479. The second kappa shape index (κ2) is 7.71. The van der Waals surface area contributed by atoms with Crippen LogP contribution in [-0.2, 0) is 0 Å². The molecule has 0 radical (unpaired) electrons. The van der Waals surface area contributed by atoms with E-state index in [4.69, 9.17) is 0 Å². The summed E-state index contributed by atoms with van der Waals surface area (Å²) in [4.78, 5) is 8.73. The Bertz CT molecular complexity index is 442. The Morgan fingerprint density at radius 2 is 1.95 bits per heavy atom. The van der Waals surface area contributed by atoms with Crippen LogP contribution in [0.1, 0.15) is 12.0 Å². The van der Waals surface area contributed by atoms with Gasteiger partial charge in [0.05, 0.1) is 0 Å². The van der Waals surface area contributed by atoms with Crippen molar-refractivity contribution in [3.8, 4) is 0 Å². The number of hydrogen-bond acceptors (Lipinski definition) is 2. The van der Waals surface area contributed by atoms with Crippen LogP contribution >= 0.6 is 24.0 Å². The van der Waals surface area contributed by atoms with Gasteiger partial charge in [0.15, 0.2) is 5.96 Å². The lowest BCUT2D eigenvalue weighted by Crippen LogP contribution is -2.43. The van der Waals surface area contributed by atoms with Gasteiger partial charge in [-0.25, -0.2) is 0 Å². The van der Waals surface area contributed by atoms with Crippen LogP contribution in [0.25, 0.3) is 0 Å². The molecule has 112 valence electrons. The van der Waals surface area contributed by atoms with Gasteiger partial charge in [0, 0.05) is 46.0 Å². The van der Waals surface area contributed by atoms with Crippen LogP contribution in [-0.4, -0.2) is 51.1 Å². The van der Waals surface area contributed by atoms with Gasteiger partial charge in [0.25, 0.3) is 0 Å². The lowest BCUT2D eigenvalue weighted by molar-refractivity contribution is 0.548. The zero-order valence-electron chi connectivity index (χ0n) is 12.8. The zero-order valence-corrected chi connectivity index (χ0v) is 15.1. The van der Waals surface area contributed by atoms with Crippen molar-refractivity contribution in [1.82, 2.24) is 10.2 Å². The van der Waals surface area contributed by atoms with Gasteiger partial charge in [-0.2, -0.15) is 0 Å². The largest absolute Gasteiger partial charge is 0.369 e. The normalized spacial score (nSPS) is 18.7. The molecule has 0 saturated carbocycles. The average molecular weight is 388 g/mol. The second-order valence-corrected chi connectivity index (χ2v) is 5.35. The van der Waals surface area contributed by atoms with Crippen LogP contribution < -0.4 is 10.2 Å². The summed E-state index contributed by atoms with van der Waals surface area (Å²) in [5.41, 5.74) is 2.63. The van der Waals surface area contributed by atoms with Gasteiger partial charge in [-0.1, -0.05) is 17.7 Å². The molecule has 1 heterocycles. The fraction of sp³-hybridized carbons (Fsp3) is 0.533. The number of anilines is 1. The third-order valence-electron chi connectivity index (χ3n) is 3.56. The summed E-state index contributed by atoms with van der Waals surface area (Å²) < 4.78 is 0. The highest BCUT2D eigenvalue weighted by molar-refractivity contribution is 14.0. The zero-order chi connectivity index (χ0) is 13.8. The average Bonchev–Trinajstić information content (AvgIpc) is 2.85. The van der Waals surface area contributed by atoms with E-state index >= 15 is 0 Å². The van der Waals surface area contributed by atoms with Crippen molar-refractivity contribution in [2.24, 2.45) is 4.99 Å². The van der Waals surface area contributed by atoms with E-state index in [0.29, 0.717) is 6.04 Å². The molecule has 1 unspecified atom stereocenters. The predicted molar refractivity (Wildman–Crippen MR) is 97.4 cm³/mol. The van der Waals surface area contributed by atoms with Gasteiger partial charge in [0.2, 0.25) is 0 Å². The van der Waals surface area contributed by atoms with Gasteiger partial charge in [-0.3, -0.25) is 4.99 Å². The first-order valence-electron chi connectivity index (χ1n) is 6.82. The topological polar surface area (TPSA) is 30.9 Å². The molecule has 4 nitrogen and oxygen atoms in total. The van der Waals surface area contributed by atoms with E-state index in [1.165, 1.54) is 11.3 Å². The summed E-state index contributed by atoms with van der Waals surface area (Å²) in [6.07, 6.45) is 1.15. The number of aliphatic imine (C=N–C) groups is 1. The molecule has 1 atom stereocenters. The molecule has 0 amide bonds. The molecule has 0 spiro atoms. The highest BCUT2D eigenvalue weighted by Crippen LogP contribution is 2.20. The number of nitrogens with one attached hydrogen (secondary N) is 1. The number of benzene rings is 1. The summed E-state index contributed by atoms with van der Waals surface area (Å²) in [6, 6.07) is 9.24. The first kappa shape index (κ1) is 17.1. The first-order valence-corrected chi connectivity index (χ1v) is 6.82. The number of nitrogens with zero attached hydrogens (tertiary/aromatic N) is 3. The monoisotopic (exact) mass is 388 g/mol. The van der Waals surface area contributed by atoms with Gasteiger partial charge >= 0.3 is 0 Å². The highest BCUT2D eigenvalue weighted by Gasteiger charge is 2.23. The molecule has 0 bridgehead atoms. The second-order valence-electron chi connectivity index (χ2n) is 5.35. The van der Waals surface area contributed by atoms with Gasteiger partial charge < -0.3 is 15.1 Å². The maximum Gasteiger partial charge on any atom is 0.193 e. The molecular formula is C15H25IN4. The number of rotatable bonds is 2. The summed E-state index contributed by atoms with van der Waals surface area (Å²) in [5.74, 6) is 0.954. The van der Waals surface area contributed by atoms with Crippen molar-refractivity contribution in [3.05, 3.63) is 29.8 Å². The maximum absolute atomic E-state index is 4.27. The van der Waals surface area contributed by atoms with Crippen molar-refractivity contribution < 1.29 is 0 Å². The van der Waals surface area contributed by atoms with E-state index in [-0.39, 0.29) is 24.0 Å². The smallest absolute Gasteiger partial charge is 0.193 e. The Kier molecular flexibility index (Phi) is 6.58. The Balaban J connectivity index is 0.00000200. The van der Waals surface area contributed by atoms with Crippen molar-refractivity contribution in [3.63, 3.8) is 0 Å². The summed E-state index contributed by atoms with van der Waals surface area (Å²) in [7, 11) is 5.86. The molecule has 1 aliphatic rings. The van der Waals surface area contributed by atoms with E-state index in [1.807, 2.05) is 26.0 Å². The van der Waals surface area contributed by atoms with Gasteiger partial charge in [-0.05, 0) is 25.5 Å². The highest BCUT2D eigenvalue weighted by atomic mass is 127. The summed E-state index contributed by atoms with van der Waals surface area (Å²) >= 11 is 0. The standard InChI is InChI=1S/C15H24N4.HI/c1-12-5-7-14(8-6-12)19-10-9-13(11-19)17-15(16-2)18(3)4;/h5-8,13H,9-11H2,1-4H3,(H,16,17);1H. The summed E-state index contributed by atoms with van der Waals surface area (Å²) in [5, 5.41) is 3.51. The molecule has 1 aromatic carbocycles. The van der Waals surface area contributed by atoms with Crippen LogP contribution in [0, 0.1) is 6.92 Å². The number of aryl methyl sites for hydroxylation is 1. The third-order valence-corrected chi connectivity index (χ3v) is 3.56. The first-order chi connectivity index (χ1) is 9.10. The molecule has 1 fully saturated rings. The van der Waals surface area contributed by atoms with Crippen LogP contribution in [0.15, 0.2) is 29.3 Å². The Morgan fingerprint density at radius 1 is 1.30 bits per heavy atom.